The third kappa shape index (κ3) is 3.20. The molecule has 116 valence electrons. The third-order valence-electron chi connectivity index (χ3n) is 3.07. The largest absolute Gasteiger partial charge is 0.480 e. The number of aliphatic carboxylic acids is 1. The highest BCUT2D eigenvalue weighted by molar-refractivity contribution is 7.80. The van der Waals surface area contributed by atoms with Gasteiger partial charge in [-0.05, 0) is 36.0 Å². The summed E-state index contributed by atoms with van der Waals surface area (Å²) in [5.41, 5.74) is 1.11. The molecule has 1 aromatic carbocycles. The number of hydrogen-bond donors (Lipinski definition) is 1. The molecule has 1 aromatic rings. The van der Waals surface area contributed by atoms with Gasteiger partial charge in [-0.15, -0.1) is 0 Å². The fraction of sp³-hybridized carbons (Fsp3) is 0.214. The van der Waals surface area contributed by atoms with Gasteiger partial charge >= 0.3 is 5.97 Å². The Labute approximate surface area is 137 Å². The zero-order chi connectivity index (χ0) is 16.4. The Balaban J connectivity index is 2.26. The Morgan fingerprint density at radius 2 is 2.09 bits per heavy atom. The second kappa shape index (κ2) is 6.33. The van der Waals surface area contributed by atoms with Crippen molar-refractivity contribution in [1.82, 2.24) is 9.80 Å². The van der Waals surface area contributed by atoms with Crippen LogP contribution in [0.5, 0.6) is 5.75 Å². The molecule has 1 N–H and O–H groups in total. The second-order valence-corrected chi connectivity index (χ2v) is 5.38. The number of halogens is 1. The lowest BCUT2D eigenvalue weighted by Gasteiger charge is -2.11. The fourth-order valence-corrected chi connectivity index (χ4v) is 2.33. The number of likely N-dealkylation sites (N-methyl/N-ethyl adjacent to an activating group) is 2. The smallest absolute Gasteiger partial charge is 0.341 e. The minimum Gasteiger partial charge on any atom is -0.480 e. The first kappa shape index (κ1) is 16.3. The molecular weight excluding hydrogens is 328 g/mol. The molecule has 0 bridgehead atoms. The molecule has 0 spiro atoms. The molecule has 0 aromatic heterocycles. The van der Waals surface area contributed by atoms with Crippen molar-refractivity contribution >= 4 is 46.9 Å². The lowest BCUT2D eigenvalue weighted by molar-refractivity contribution is -0.139. The van der Waals surface area contributed by atoms with E-state index in [4.69, 9.17) is 33.7 Å². The average Bonchev–Trinajstić information content (AvgIpc) is 2.64. The summed E-state index contributed by atoms with van der Waals surface area (Å²) in [5, 5.41) is 9.26. The van der Waals surface area contributed by atoms with E-state index < -0.39 is 12.6 Å². The van der Waals surface area contributed by atoms with E-state index in [9.17, 15) is 9.59 Å². The average molecular weight is 341 g/mol. The quantitative estimate of drug-likeness (QED) is 0.666. The van der Waals surface area contributed by atoms with Crippen LogP contribution in [0.25, 0.3) is 6.08 Å². The highest BCUT2D eigenvalue weighted by atomic mass is 35.5. The van der Waals surface area contributed by atoms with Gasteiger partial charge < -0.3 is 14.7 Å². The van der Waals surface area contributed by atoms with Gasteiger partial charge in [-0.1, -0.05) is 17.7 Å². The molecule has 0 atom stereocenters. The van der Waals surface area contributed by atoms with E-state index in [1.165, 1.54) is 4.90 Å². The number of amides is 1. The molecule has 1 saturated heterocycles. The summed E-state index contributed by atoms with van der Waals surface area (Å²) in [5.74, 6) is -1.02. The van der Waals surface area contributed by atoms with Crippen LogP contribution >= 0.6 is 23.8 Å². The molecule has 8 heteroatoms. The molecule has 1 aliphatic heterocycles. The van der Waals surface area contributed by atoms with Gasteiger partial charge in [0.25, 0.3) is 5.91 Å². The third-order valence-corrected chi connectivity index (χ3v) is 3.91. The number of benzene rings is 1. The molecule has 1 fully saturated rings. The number of rotatable bonds is 4. The monoisotopic (exact) mass is 340 g/mol. The standard InChI is InChI=1S/C14H13ClN2O4S/c1-16-10(13(20)17(2)14(16)22)6-8-3-4-11(9(15)5-8)21-7-12(18)19/h3-6H,7H2,1-2H3,(H,18,19)/b10-6+. The maximum absolute atomic E-state index is 12.1. The molecule has 0 unspecified atom stereocenters. The van der Waals surface area contributed by atoms with E-state index in [-0.39, 0.29) is 16.7 Å². The van der Waals surface area contributed by atoms with Crippen LogP contribution in [0, 0.1) is 0 Å². The number of ether oxygens (including phenoxy) is 1. The lowest BCUT2D eigenvalue weighted by Crippen LogP contribution is -2.26. The molecule has 1 aliphatic rings. The van der Waals surface area contributed by atoms with Crippen LogP contribution < -0.4 is 4.74 Å². The van der Waals surface area contributed by atoms with E-state index in [0.717, 1.165) is 0 Å². The number of carboxylic acids is 1. The van der Waals surface area contributed by atoms with E-state index in [1.54, 1.807) is 43.3 Å². The van der Waals surface area contributed by atoms with Crippen LogP contribution in [-0.4, -0.2) is 52.6 Å². The summed E-state index contributed by atoms with van der Waals surface area (Å²) in [6.45, 7) is -0.472. The van der Waals surface area contributed by atoms with Crippen LogP contribution in [-0.2, 0) is 9.59 Å². The number of carbonyl (C=O) groups excluding carboxylic acids is 1. The predicted octanol–water partition coefficient (Wildman–Crippen LogP) is 1.83. The Bertz CT molecular complexity index is 689. The van der Waals surface area contributed by atoms with Crippen molar-refractivity contribution < 1.29 is 19.4 Å². The Morgan fingerprint density at radius 1 is 1.41 bits per heavy atom. The van der Waals surface area contributed by atoms with E-state index in [1.807, 2.05) is 0 Å². The summed E-state index contributed by atoms with van der Waals surface area (Å²) in [6, 6.07) is 4.83. The summed E-state index contributed by atoms with van der Waals surface area (Å²) >= 11 is 11.2. The van der Waals surface area contributed by atoms with Crippen LogP contribution in [0.3, 0.4) is 0 Å². The van der Waals surface area contributed by atoms with Crippen molar-refractivity contribution in [3.63, 3.8) is 0 Å². The van der Waals surface area contributed by atoms with Crippen LogP contribution in [0.4, 0.5) is 0 Å². The Kier molecular flexibility index (Phi) is 4.68. The summed E-state index contributed by atoms with van der Waals surface area (Å²) in [7, 11) is 3.32. The van der Waals surface area contributed by atoms with Crippen molar-refractivity contribution in [2.75, 3.05) is 20.7 Å². The molecule has 1 heterocycles. The molecule has 6 nitrogen and oxygen atoms in total. The minimum absolute atomic E-state index is 0.199. The number of carboxylic acid groups (broad SMARTS) is 1. The van der Waals surface area contributed by atoms with Crippen LogP contribution in [0.1, 0.15) is 5.56 Å². The van der Waals surface area contributed by atoms with Crippen molar-refractivity contribution in [1.29, 1.82) is 0 Å². The predicted molar refractivity (Wildman–Crippen MR) is 85.7 cm³/mol. The van der Waals surface area contributed by atoms with Crippen molar-refractivity contribution in [3.05, 3.63) is 34.5 Å². The van der Waals surface area contributed by atoms with Crippen molar-refractivity contribution in [3.8, 4) is 5.75 Å². The molecule has 0 radical (unpaired) electrons. The zero-order valence-corrected chi connectivity index (χ0v) is 13.4. The maximum Gasteiger partial charge on any atom is 0.341 e. The van der Waals surface area contributed by atoms with Crippen molar-refractivity contribution in [2.24, 2.45) is 0 Å². The van der Waals surface area contributed by atoms with Gasteiger partial charge in [0, 0.05) is 14.1 Å². The molecule has 2 rings (SSSR count). The topological polar surface area (TPSA) is 70.1 Å². The maximum atomic E-state index is 12.1. The van der Waals surface area contributed by atoms with Gasteiger partial charge in [0.05, 0.1) is 5.02 Å². The van der Waals surface area contributed by atoms with E-state index in [0.29, 0.717) is 16.4 Å². The van der Waals surface area contributed by atoms with Gasteiger partial charge in [0.1, 0.15) is 11.4 Å². The van der Waals surface area contributed by atoms with Crippen LogP contribution in [0.2, 0.25) is 5.02 Å². The van der Waals surface area contributed by atoms with E-state index >= 15 is 0 Å². The SMILES string of the molecule is CN1C(=O)/C(=C\c2ccc(OCC(=O)O)c(Cl)c2)N(C)C1=S. The highest BCUT2D eigenvalue weighted by Crippen LogP contribution is 2.28. The zero-order valence-electron chi connectivity index (χ0n) is 11.9. The summed E-state index contributed by atoms with van der Waals surface area (Å²) in [4.78, 5) is 25.5. The van der Waals surface area contributed by atoms with Crippen LogP contribution in [0.15, 0.2) is 23.9 Å². The molecule has 0 saturated carbocycles. The second-order valence-electron chi connectivity index (χ2n) is 4.61. The first-order valence-electron chi connectivity index (χ1n) is 6.23. The molecule has 22 heavy (non-hydrogen) atoms. The van der Waals surface area contributed by atoms with Crippen molar-refractivity contribution in [2.45, 2.75) is 0 Å². The number of thiocarbonyl (C=S) groups is 1. The van der Waals surface area contributed by atoms with E-state index in [2.05, 4.69) is 0 Å². The van der Waals surface area contributed by atoms with Gasteiger partial charge in [-0.2, -0.15) is 0 Å². The molecule has 0 aliphatic carbocycles. The number of carbonyl (C=O) groups is 2. The van der Waals surface area contributed by atoms with Gasteiger partial charge in [0.2, 0.25) is 0 Å². The molecule has 1 amide bonds. The first-order chi connectivity index (χ1) is 10.3. The first-order valence-corrected chi connectivity index (χ1v) is 7.01. The van der Waals surface area contributed by atoms with Gasteiger partial charge in [-0.25, -0.2) is 4.79 Å². The lowest BCUT2D eigenvalue weighted by atomic mass is 10.1. The Morgan fingerprint density at radius 3 is 2.59 bits per heavy atom. The van der Waals surface area contributed by atoms with Gasteiger partial charge in [-0.3, -0.25) is 9.69 Å². The molecular formula is C14H13ClN2O4S. The number of nitrogens with zero attached hydrogens (tertiary/aromatic N) is 2. The summed E-state index contributed by atoms with van der Waals surface area (Å²) in [6.07, 6.45) is 1.66. The number of hydrogen-bond acceptors (Lipinski definition) is 4. The summed E-state index contributed by atoms with van der Waals surface area (Å²) < 4.78 is 5.04. The normalized spacial score (nSPS) is 16.6. The highest BCUT2D eigenvalue weighted by Gasteiger charge is 2.32. The Hall–Kier alpha value is -2.12. The minimum atomic E-state index is -1.09. The fourth-order valence-electron chi connectivity index (χ4n) is 1.91. The van der Waals surface area contributed by atoms with Gasteiger partial charge in [0.15, 0.2) is 11.7 Å².